The molecular weight excluding hydrogens is 410 g/mol. The molecule has 0 atom stereocenters. The molecule has 162 valence electrons. The van der Waals surface area contributed by atoms with Gasteiger partial charge in [-0.25, -0.2) is 0 Å². The van der Waals surface area contributed by atoms with E-state index in [1.165, 1.54) is 0 Å². The zero-order valence-corrected chi connectivity index (χ0v) is 18.5. The van der Waals surface area contributed by atoms with E-state index >= 15 is 0 Å². The van der Waals surface area contributed by atoms with Gasteiger partial charge < -0.3 is 15.1 Å². The number of hydrogen-bond acceptors (Lipinski definition) is 4. The third kappa shape index (κ3) is 4.93. The van der Waals surface area contributed by atoms with Crippen molar-refractivity contribution in [1.29, 1.82) is 0 Å². The predicted molar refractivity (Wildman–Crippen MR) is 125 cm³/mol. The molecule has 0 unspecified atom stereocenters. The second kappa shape index (κ2) is 9.56. The van der Waals surface area contributed by atoms with Crippen molar-refractivity contribution in [2.24, 2.45) is 0 Å². The first-order chi connectivity index (χ1) is 15.0. The number of hydrogen-bond donors (Lipinski definition) is 1. The minimum atomic E-state index is -0.183. The molecule has 1 fully saturated rings. The number of carbonyl (C=O) groups excluding carboxylic acids is 3. The Kier molecular flexibility index (Phi) is 6.61. The van der Waals surface area contributed by atoms with E-state index in [1.807, 2.05) is 60.0 Å². The van der Waals surface area contributed by atoms with Crippen molar-refractivity contribution in [1.82, 2.24) is 4.90 Å². The molecule has 0 aliphatic carbocycles. The molecule has 3 amide bonds. The fraction of sp³-hybridized carbons (Fsp3) is 0.375. The molecule has 0 aromatic heterocycles. The Morgan fingerprint density at radius 1 is 0.968 bits per heavy atom. The first-order valence-electron chi connectivity index (χ1n) is 10.7. The highest BCUT2D eigenvalue weighted by atomic mass is 32.2. The van der Waals surface area contributed by atoms with Crippen molar-refractivity contribution >= 4 is 40.9 Å². The van der Waals surface area contributed by atoms with E-state index in [9.17, 15) is 14.4 Å². The fourth-order valence-corrected chi connectivity index (χ4v) is 4.90. The molecule has 7 heteroatoms. The minimum Gasteiger partial charge on any atom is -0.341 e. The van der Waals surface area contributed by atoms with Gasteiger partial charge in [0.25, 0.3) is 5.91 Å². The lowest BCUT2D eigenvalue weighted by Crippen LogP contribution is -2.38. The van der Waals surface area contributed by atoms with Gasteiger partial charge in [0.15, 0.2) is 0 Å². The van der Waals surface area contributed by atoms with Crippen LogP contribution in [0, 0.1) is 0 Å². The minimum absolute atomic E-state index is 0.105. The monoisotopic (exact) mass is 437 g/mol. The van der Waals surface area contributed by atoms with E-state index in [0.717, 1.165) is 47.8 Å². The molecule has 2 heterocycles. The number of thioether (sulfide) groups is 1. The summed E-state index contributed by atoms with van der Waals surface area (Å²) in [6, 6.07) is 12.9. The maximum absolute atomic E-state index is 12.7. The van der Waals surface area contributed by atoms with Crippen LogP contribution in [-0.4, -0.2) is 53.8 Å². The summed E-state index contributed by atoms with van der Waals surface area (Å²) in [5, 5.41) is 2.92. The van der Waals surface area contributed by atoms with E-state index < -0.39 is 0 Å². The van der Waals surface area contributed by atoms with Crippen LogP contribution < -0.4 is 10.2 Å². The molecule has 2 aromatic rings. The van der Waals surface area contributed by atoms with Gasteiger partial charge in [-0.1, -0.05) is 19.1 Å². The Labute approximate surface area is 187 Å². The number of benzene rings is 2. The van der Waals surface area contributed by atoms with Crippen LogP contribution in [0.5, 0.6) is 0 Å². The van der Waals surface area contributed by atoms with Gasteiger partial charge in [0.1, 0.15) is 0 Å². The molecule has 0 radical (unpaired) electrons. The molecule has 0 saturated carbocycles. The van der Waals surface area contributed by atoms with E-state index in [2.05, 4.69) is 5.32 Å². The van der Waals surface area contributed by atoms with Crippen molar-refractivity contribution in [2.45, 2.75) is 26.2 Å². The Morgan fingerprint density at radius 2 is 1.71 bits per heavy atom. The van der Waals surface area contributed by atoms with E-state index in [-0.39, 0.29) is 17.7 Å². The van der Waals surface area contributed by atoms with Crippen LogP contribution >= 0.6 is 11.8 Å². The Morgan fingerprint density at radius 3 is 2.42 bits per heavy atom. The summed E-state index contributed by atoms with van der Waals surface area (Å²) in [6.07, 6.45) is 1.62. The molecule has 4 rings (SSSR count). The number of carbonyl (C=O) groups is 3. The molecule has 2 aromatic carbocycles. The lowest BCUT2D eigenvalue weighted by atomic mass is 10.1. The standard InChI is InChI=1S/C24H27N3O3S/c1-2-22(28)27-10-9-18-16-19(5-8-21(18)27)24(30)25-20-6-3-17(4-7-20)15-23(29)26-11-13-31-14-12-26/h3-8,16H,2,9-15H2,1H3,(H,25,30). The normalized spacial score (nSPS) is 15.5. The van der Waals surface area contributed by atoms with Gasteiger partial charge in [0, 0.05) is 54.5 Å². The zero-order chi connectivity index (χ0) is 21.8. The SMILES string of the molecule is CCC(=O)N1CCc2cc(C(=O)Nc3ccc(CC(=O)N4CCSCC4)cc3)ccc21. The van der Waals surface area contributed by atoms with Crippen LogP contribution in [-0.2, 0) is 22.4 Å². The molecule has 1 N–H and O–H groups in total. The fourth-order valence-electron chi connectivity index (χ4n) is 4.00. The van der Waals surface area contributed by atoms with Crippen molar-refractivity contribution in [3.05, 3.63) is 59.2 Å². The van der Waals surface area contributed by atoms with E-state index in [1.54, 1.807) is 11.0 Å². The van der Waals surface area contributed by atoms with Crippen molar-refractivity contribution in [3.63, 3.8) is 0 Å². The summed E-state index contributed by atoms with van der Waals surface area (Å²) in [5.74, 6) is 2.09. The van der Waals surface area contributed by atoms with E-state index in [4.69, 9.17) is 0 Å². The average Bonchev–Trinajstić information content (AvgIpc) is 3.23. The van der Waals surface area contributed by atoms with Crippen LogP contribution in [0.1, 0.15) is 34.8 Å². The first kappa shape index (κ1) is 21.4. The number of amides is 3. The van der Waals surface area contributed by atoms with Gasteiger partial charge in [-0.3, -0.25) is 14.4 Å². The van der Waals surface area contributed by atoms with Crippen LogP contribution in [0.2, 0.25) is 0 Å². The molecule has 0 spiro atoms. The van der Waals surface area contributed by atoms with Crippen LogP contribution in [0.25, 0.3) is 0 Å². The number of rotatable bonds is 5. The Hall–Kier alpha value is -2.80. The van der Waals surface area contributed by atoms with Crippen LogP contribution in [0.15, 0.2) is 42.5 Å². The van der Waals surface area contributed by atoms with Gasteiger partial charge in [0.05, 0.1) is 6.42 Å². The molecule has 1 saturated heterocycles. The van der Waals surface area contributed by atoms with Gasteiger partial charge in [-0.15, -0.1) is 0 Å². The highest BCUT2D eigenvalue weighted by Gasteiger charge is 2.24. The molecule has 2 aliphatic rings. The van der Waals surface area contributed by atoms with Crippen molar-refractivity contribution in [3.8, 4) is 0 Å². The second-order valence-electron chi connectivity index (χ2n) is 7.81. The van der Waals surface area contributed by atoms with E-state index in [0.29, 0.717) is 30.6 Å². The third-order valence-corrected chi connectivity index (χ3v) is 6.71. The summed E-state index contributed by atoms with van der Waals surface area (Å²) in [4.78, 5) is 40.9. The molecular formula is C24H27N3O3S. The summed E-state index contributed by atoms with van der Waals surface area (Å²) in [7, 11) is 0. The van der Waals surface area contributed by atoms with Gasteiger partial charge in [-0.05, 0) is 47.9 Å². The van der Waals surface area contributed by atoms with Crippen molar-refractivity contribution < 1.29 is 14.4 Å². The molecule has 6 nitrogen and oxygen atoms in total. The molecule has 0 bridgehead atoms. The number of nitrogens with zero attached hydrogens (tertiary/aromatic N) is 2. The Balaban J connectivity index is 1.37. The number of fused-ring (bicyclic) bond motifs is 1. The predicted octanol–water partition coefficient (Wildman–Crippen LogP) is 3.36. The summed E-state index contributed by atoms with van der Waals surface area (Å²) in [5.41, 5.74) is 4.15. The largest absolute Gasteiger partial charge is 0.341 e. The lowest BCUT2D eigenvalue weighted by molar-refractivity contribution is -0.130. The van der Waals surface area contributed by atoms with Gasteiger partial charge in [0.2, 0.25) is 11.8 Å². The lowest BCUT2D eigenvalue weighted by Gasteiger charge is -2.26. The topological polar surface area (TPSA) is 69.7 Å². The molecule has 31 heavy (non-hydrogen) atoms. The summed E-state index contributed by atoms with van der Waals surface area (Å²) in [6.45, 7) is 4.17. The first-order valence-corrected chi connectivity index (χ1v) is 11.9. The number of anilines is 2. The van der Waals surface area contributed by atoms with Crippen LogP contribution in [0.4, 0.5) is 11.4 Å². The number of nitrogens with one attached hydrogen (secondary N) is 1. The average molecular weight is 438 g/mol. The summed E-state index contributed by atoms with van der Waals surface area (Å²) < 4.78 is 0. The summed E-state index contributed by atoms with van der Waals surface area (Å²) >= 11 is 1.89. The zero-order valence-electron chi connectivity index (χ0n) is 17.7. The second-order valence-corrected chi connectivity index (χ2v) is 9.04. The highest BCUT2D eigenvalue weighted by molar-refractivity contribution is 7.99. The van der Waals surface area contributed by atoms with Crippen LogP contribution in [0.3, 0.4) is 0 Å². The maximum Gasteiger partial charge on any atom is 0.255 e. The maximum atomic E-state index is 12.7. The van der Waals surface area contributed by atoms with Gasteiger partial charge in [-0.2, -0.15) is 11.8 Å². The highest BCUT2D eigenvalue weighted by Crippen LogP contribution is 2.29. The Bertz CT molecular complexity index is 984. The van der Waals surface area contributed by atoms with Crippen molar-refractivity contribution in [2.75, 3.05) is 41.4 Å². The smallest absolute Gasteiger partial charge is 0.255 e. The third-order valence-electron chi connectivity index (χ3n) is 5.77. The van der Waals surface area contributed by atoms with Gasteiger partial charge >= 0.3 is 0 Å². The molecule has 2 aliphatic heterocycles. The quantitative estimate of drug-likeness (QED) is 0.779.